The number of aliphatic imine (C=N–C) groups is 1. The first-order chi connectivity index (χ1) is 11.1. The van der Waals surface area contributed by atoms with Gasteiger partial charge in [0.1, 0.15) is 0 Å². The maximum Gasteiger partial charge on any atom is 0.188 e. The van der Waals surface area contributed by atoms with Crippen molar-refractivity contribution in [2.45, 2.75) is 52.6 Å². The van der Waals surface area contributed by atoms with E-state index in [4.69, 9.17) is 5.73 Å². The highest BCUT2D eigenvalue weighted by Crippen LogP contribution is 2.23. The molecule has 3 N–H and O–H groups in total. The topological polar surface area (TPSA) is 53.6 Å². The molecular weight excluding hydrogens is 284 g/mol. The normalized spacial score (nSPS) is 17.1. The van der Waals surface area contributed by atoms with Crippen LogP contribution in [-0.2, 0) is 13.0 Å². The number of benzene rings is 1. The van der Waals surface area contributed by atoms with Gasteiger partial charge in [-0.1, -0.05) is 51.5 Å². The van der Waals surface area contributed by atoms with Crippen LogP contribution in [0.2, 0.25) is 0 Å². The van der Waals surface area contributed by atoms with Gasteiger partial charge in [-0.25, -0.2) is 0 Å². The zero-order valence-electron chi connectivity index (χ0n) is 14.9. The van der Waals surface area contributed by atoms with Crippen molar-refractivity contribution in [1.29, 1.82) is 0 Å². The standard InChI is InChI=1S/C19H32N4/c1-4-5-11-21-19(20)22-13-18(15(2)3)23-12-10-16-8-6-7-9-17(16)14-23/h6-9,15,18H,4-5,10-14H2,1-3H3,(H3,20,21,22). The Morgan fingerprint density at radius 1 is 1.30 bits per heavy atom. The molecule has 128 valence electrons. The number of nitrogens with one attached hydrogen (secondary N) is 1. The fourth-order valence-electron chi connectivity index (χ4n) is 3.19. The van der Waals surface area contributed by atoms with E-state index < -0.39 is 0 Å². The van der Waals surface area contributed by atoms with Gasteiger partial charge in [-0.3, -0.25) is 9.89 Å². The lowest BCUT2D eigenvalue weighted by Crippen LogP contribution is -2.45. The molecular formula is C19H32N4. The highest BCUT2D eigenvalue weighted by Gasteiger charge is 2.25. The van der Waals surface area contributed by atoms with Crippen molar-refractivity contribution >= 4 is 5.96 Å². The average Bonchev–Trinajstić information content (AvgIpc) is 2.55. The molecule has 1 aromatic rings. The second-order valence-electron chi connectivity index (χ2n) is 6.81. The Hall–Kier alpha value is -1.55. The molecule has 1 unspecified atom stereocenters. The van der Waals surface area contributed by atoms with Crippen LogP contribution in [0.1, 0.15) is 44.7 Å². The summed E-state index contributed by atoms with van der Waals surface area (Å²) in [5.41, 5.74) is 8.95. The molecule has 0 spiro atoms. The fourth-order valence-corrected chi connectivity index (χ4v) is 3.19. The smallest absolute Gasteiger partial charge is 0.188 e. The van der Waals surface area contributed by atoms with Gasteiger partial charge in [0, 0.05) is 25.7 Å². The molecule has 2 rings (SSSR count). The van der Waals surface area contributed by atoms with E-state index in [1.54, 1.807) is 0 Å². The van der Waals surface area contributed by atoms with Gasteiger partial charge in [0.2, 0.25) is 0 Å². The lowest BCUT2D eigenvalue weighted by Gasteiger charge is -2.37. The van der Waals surface area contributed by atoms with Gasteiger partial charge in [0.05, 0.1) is 6.54 Å². The van der Waals surface area contributed by atoms with E-state index in [9.17, 15) is 0 Å². The van der Waals surface area contributed by atoms with Gasteiger partial charge in [0.25, 0.3) is 0 Å². The molecule has 1 atom stereocenters. The Balaban J connectivity index is 1.95. The number of nitrogens with two attached hydrogens (primary N) is 1. The lowest BCUT2D eigenvalue weighted by molar-refractivity contribution is 0.144. The zero-order chi connectivity index (χ0) is 16.7. The highest BCUT2D eigenvalue weighted by molar-refractivity contribution is 5.77. The first-order valence-corrected chi connectivity index (χ1v) is 8.96. The Bertz CT molecular complexity index is 510. The third kappa shape index (κ3) is 5.24. The summed E-state index contributed by atoms with van der Waals surface area (Å²) in [6.07, 6.45) is 3.43. The maximum absolute atomic E-state index is 5.99. The summed E-state index contributed by atoms with van der Waals surface area (Å²) in [4.78, 5) is 7.16. The summed E-state index contributed by atoms with van der Waals surface area (Å²) < 4.78 is 0. The van der Waals surface area contributed by atoms with Crippen LogP contribution in [0.5, 0.6) is 0 Å². The molecule has 0 fully saturated rings. The largest absolute Gasteiger partial charge is 0.370 e. The van der Waals surface area contributed by atoms with Crippen LogP contribution < -0.4 is 11.1 Å². The van der Waals surface area contributed by atoms with Crippen LogP contribution in [0.4, 0.5) is 0 Å². The zero-order valence-corrected chi connectivity index (χ0v) is 14.9. The molecule has 0 radical (unpaired) electrons. The van der Waals surface area contributed by atoms with Crippen molar-refractivity contribution in [3.05, 3.63) is 35.4 Å². The Labute approximate surface area is 141 Å². The summed E-state index contributed by atoms with van der Waals surface area (Å²) in [5.74, 6) is 1.15. The van der Waals surface area contributed by atoms with Crippen LogP contribution in [-0.4, -0.2) is 36.5 Å². The first kappa shape index (κ1) is 17.8. The van der Waals surface area contributed by atoms with Gasteiger partial charge in [-0.05, 0) is 29.9 Å². The molecule has 1 aromatic carbocycles. The Kier molecular flexibility index (Phi) is 6.90. The molecule has 0 amide bonds. The maximum atomic E-state index is 5.99. The van der Waals surface area contributed by atoms with Crippen molar-refractivity contribution in [3.8, 4) is 0 Å². The van der Waals surface area contributed by atoms with E-state index in [2.05, 4.69) is 60.2 Å². The molecule has 4 nitrogen and oxygen atoms in total. The lowest BCUT2D eigenvalue weighted by atomic mass is 9.95. The van der Waals surface area contributed by atoms with E-state index in [1.165, 1.54) is 17.5 Å². The summed E-state index contributed by atoms with van der Waals surface area (Å²) in [6, 6.07) is 9.23. The predicted molar refractivity (Wildman–Crippen MR) is 98.6 cm³/mol. The number of rotatable bonds is 7. The number of guanidine groups is 1. The van der Waals surface area contributed by atoms with Crippen molar-refractivity contribution in [2.24, 2.45) is 16.6 Å². The summed E-state index contributed by atoms with van der Waals surface area (Å²) in [5, 5.41) is 3.21. The SMILES string of the molecule is CCCCNC(N)=NCC(C(C)C)N1CCc2ccccc2C1. The third-order valence-corrected chi connectivity index (χ3v) is 4.68. The summed E-state index contributed by atoms with van der Waals surface area (Å²) >= 11 is 0. The van der Waals surface area contributed by atoms with Crippen molar-refractivity contribution in [1.82, 2.24) is 10.2 Å². The first-order valence-electron chi connectivity index (χ1n) is 8.96. The number of fused-ring (bicyclic) bond motifs is 1. The molecule has 0 aliphatic carbocycles. The number of hydrogen-bond donors (Lipinski definition) is 2. The van der Waals surface area contributed by atoms with Gasteiger partial charge < -0.3 is 11.1 Å². The fraction of sp³-hybridized carbons (Fsp3) is 0.632. The van der Waals surface area contributed by atoms with Crippen molar-refractivity contribution < 1.29 is 0 Å². The van der Waals surface area contributed by atoms with Crippen LogP contribution in [0.15, 0.2) is 29.3 Å². The minimum atomic E-state index is 0.440. The summed E-state index contributed by atoms with van der Waals surface area (Å²) in [6.45, 7) is 10.6. The second kappa shape index (κ2) is 8.92. The van der Waals surface area contributed by atoms with Crippen LogP contribution >= 0.6 is 0 Å². The predicted octanol–water partition coefficient (Wildman–Crippen LogP) is 2.77. The average molecular weight is 316 g/mol. The van der Waals surface area contributed by atoms with Crippen molar-refractivity contribution in [2.75, 3.05) is 19.6 Å². The third-order valence-electron chi connectivity index (χ3n) is 4.68. The van der Waals surface area contributed by atoms with Crippen molar-refractivity contribution in [3.63, 3.8) is 0 Å². The summed E-state index contributed by atoms with van der Waals surface area (Å²) in [7, 11) is 0. The minimum absolute atomic E-state index is 0.440. The molecule has 23 heavy (non-hydrogen) atoms. The monoisotopic (exact) mass is 316 g/mol. The number of hydrogen-bond acceptors (Lipinski definition) is 2. The molecule has 0 aromatic heterocycles. The van der Waals surface area contributed by atoms with E-state index in [0.29, 0.717) is 17.9 Å². The molecule has 0 saturated carbocycles. The van der Waals surface area contributed by atoms with E-state index in [-0.39, 0.29) is 0 Å². The van der Waals surface area contributed by atoms with Gasteiger partial charge in [-0.15, -0.1) is 0 Å². The molecule has 0 saturated heterocycles. The van der Waals surface area contributed by atoms with E-state index in [1.807, 2.05) is 0 Å². The molecule has 1 heterocycles. The van der Waals surface area contributed by atoms with Gasteiger partial charge >= 0.3 is 0 Å². The number of unbranched alkanes of at least 4 members (excludes halogenated alkanes) is 1. The quantitative estimate of drug-likeness (QED) is 0.462. The van der Waals surface area contributed by atoms with E-state index in [0.717, 1.165) is 39.0 Å². The minimum Gasteiger partial charge on any atom is -0.370 e. The van der Waals surface area contributed by atoms with Gasteiger partial charge in [0.15, 0.2) is 5.96 Å². The van der Waals surface area contributed by atoms with Crippen LogP contribution in [0.3, 0.4) is 0 Å². The Morgan fingerprint density at radius 2 is 2.04 bits per heavy atom. The van der Waals surface area contributed by atoms with Crippen LogP contribution in [0.25, 0.3) is 0 Å². The van der Waals surface area contributed by atoms with Crippen LogP contribution in [0, 0.1) is 5.92 Å². The Morgan fingerprint density at radius 3 is 2.74 bits per heavy atom. The highest BCUT2D eigenvalue weighted by atomic mass is 15.2. The molecule has 1 aliphatic heterocycles. The molecule has 0 bridgehead atoms. The molecule has 1 aliphatic rings. The van der Waals surface area contributed by atoms with Gasteiger partial charge in [-0.2, -0.15) is 0 Å². The van der Waals surface area contributed by atoms with E-state index >= 15 is 0 Å². The molecule has 4 heteroatoms. The number of nitrogens with zero attached hydrogens (tertiary/aromatic N) is 2. The second-order valence-corrected chi connectivity index (χ2v) is 6.81.